The zero-order valence-electron chi connectivity index (χ0n) is 14.4. The van der Waals surface area contributed by atoms with Gasteiger partial charge in [-0.15, -0.1) is 0 Å². The van der Waals surface area contributed by atoms with Gasteiger partial charge in [0.25, 0.3) is 0 Å². The first-order valence-electron chi connectivity index (χ1n) is 8.79. The number of carbonyl (C=O) groups is 1. The van der Waals surface area contributed by atoms with Crippen LogP contribution in [0.5, 0.6) is 0 Å². The van der Waals surface area contributed by atoms with Crippen molar-refractivity contribution in [2.75, 3.05) is 18.4 Å². The molecule has 3 aliphatic rings. The molecule has 0 radical (unpaired) electrons. The number of benzene rings is 1. The van der Waals surface area contributed by atoms with Crippen molar-refractivity contribution in [1.82, 2.24) is 15.0 Å². The molecule has 146 valence electrons. The Morgan fingerprint density at radius 3 is 2.54 bits per heavy atom. The maximum atomic E-state index is 12.6. The second-order valence-electron chi connectivity index (χ2n) is 7.11. The van der Waals surface area contributed by atoms with Crippen LogP contribution in [-0.2, 0) is 10.9 Å². The lowest BCUT2D eigenvalue weighted by molar-refractivity contribution is -0.159. The van der Waals surface area contributed by atoms with Gasteiger partial charge in [0.1, 0.15) is 0 Å². The Balaban J connectivity index is 1.28. The summed E-state index contributed by atoms with van der Waals surface area (Å²) in [7, 11) is 0. The molecule has 2 aromatic rings. The van der Waals surface area contributed by atoms with Crippen molar-refractivity contribution in [2.24, 2.45) is 11.8 Å². The van der Waals surface area contributed by atoms with E-state index in [1.54, 1.807) is 23.1 Å². The second kappa shape index (κ2) is 6.06. The molecule has 2 amide bonds. The van der Waals surface area contributed by atoms with Crippen molar-refractivity contribution in [2.45, 2.75) is 18.4 Å². The summed E-state index contributed by atoms with van der Waals surface area (Å²) in [6.07, 6.45) is -0.439. The lowest BCUT2D eigenvalue weighted by Crippen LogP contribution is -2.35. The summed E-state index contributed by atoms with van der Waals surface area (Å²) in [6, 6.07) is 6.05. The minimum absolute atomic E-state index is 0.0807. The predicted molar refractivity (Wildman–Crippen MR) is 90.1 cm³/mol. The lowest BCUT2D eigenvalue weighted by Gasteiger charge is -2.19. The summed E-state index contributed by atoms with van der Waals surface area (Å²) in [5.74, 6) is -0.982. The number of hydrogen-bond donors (Lipinski definition) is 1. The van der Waals surface area contributed by atoms with Gasteiger partial charge in [-0.1, -0.05) is 29.4 Å². The number of hydrogen-bond acceptors (Lipinski definition) is 5. The average Bonchev–Trinajstić information content (AvgIpc) is 3.42. The molecule has 10 heteroatoms. The first-order chi connectivity index (χ1) is 13.4. The molecule has 0 aliphatic carbocycles. The van der Waals surface area contributed by atoms with Gasteiger partial charge in [-0.3, -0.25) is 0 Å². The molecular formula is C18H15F3N4O3. The molecule has 4 heterocycles. The highest BCUT2D eigenvalue weighted by atomic mass is 19.4. The number of urea groups is 1. The Bertz CT molecular complexity index is 938. The van der Waals surface area contributed by atoms with Crippen molar-refractivity contribution in [3.63, 3.8) is 0 Å². The van der Waals surface area contributed by atoms with Crippen molar-refractivity contribution >= 4 is 11.7 Å². The van der Waals surface area contributed by atoms with Gasteiger partial charge in [0.05, 0.1) is 12.2 Å². The first kappa shape index (κ1) is 17.2. The summed E-state index contributed by atoms with van der Waals surface area (Å²) in [5, 5.41) is 6.15. The zero-order chi connectivity index (χ0) is 19.5. The second-order valence-corrected chi connectivity index (χ2v) is 7.11. The van der Waals surface area contributed by atoms with Crippen molar-refractivity contribution < 1.29 is 27.2 Å². The summed E-state index contributed by atoms with van der Waals surface area (Å²) in [4.78, 5) is 17.7. The van der Waals surface area contributed by atoms with Gasteiger partial charge < -0.3 is 19.5 Å². The molecule has 5 rings (SSSR count). The molecular weight excluding hydrogens is 377 g/mol. The number of rotatable bonds is 2. The van der Waals surface area contributed by atoms with Crippen LogP contribution in [0, 0.1) is 11.8 Å². The molecule has 7 nitrogen and oxygen atoms in total. The number of anilines is 1. The fraction of sp³-hybridized carbons (Fsp3) is 0.389. The first-order valence-corrected chi connectivity index (χ1v) is 8.79. The highest BCUT2D eigenvalue weighted by Crippen LogP contribution is 2.43. The predicted octanol–water partition coefficient (Wildman–Crippen LogP) is 3.17. The van der Waals surface area contributed by atoms with Crippen LogP contribution in [0.4, 0.5) is 23.7 Å². The van der Waals surface area contributed by atoms with Crippen LogP contribution in [0.1, 0.15) is 5.89 Å². The van der Waals surface area contributed by atoms with E-state index in [9.17, 15) is 18.0 Å². The van der Waals surface area contributed by atoms with Crippen LogP contribution in [0.15, 0.2) is 40.9 Å². The number of aromatic nitrogens is 2. The summed E-state index contributed by atoms with van der Waals surface area (Å²) in [5.41, 5.74) is 0.751. The van der Waals surface area contributed by atoms with Gasteiger partial charge >= 0.3 is 18.1 Å². The Kier molecular flexibility index (Phi) is 3.73. The Hall–Kier alpha value is -2.88. The topological polar surface area (TPSA) is 80.5 Å². The van der Waals surface area contributed by atoms with E-state index < -0.39 is 12.1 Å². The molecule has 2 bridgehead atoms. The van der Waals surface area contributed by atoms with Crippen molar-refractivity contribution in [1.29, 1.82) is 0 Å². The van der Waals surface area contributed by atoms with E-state index >= 15 is 0 Å². The number of nitrogens with one attached hydrogen (secondary N) is 1. The van der Waals surface area contributed by atoms with E-state index in [0.29, 0.717) is 36.2 Å². The average molecular weight is 392 g/mol. The van der Waals surface area contributed by atoms with Gasteiger partial charge in [-0.25, -0.2) is 4.79 Å². The van der Waals surface area contributed by atoms with Crippen LogP contribution in [0.25, 0.3) is 11.4 Å². The van der Waals surface area contributed by atoms with Crippen LogP contribution >= 0.6 is 0 Å². The molecule has 1 N–H and O–H groups in total. The maximum absolute atomic E-state index is 12.6. The van der Waals surface area contributed by atoms with Gasteiger partial charge in [0.15, 0.2) is 0 Å². The standard InChI is InChI=1S/C18H15F3N4O3/c19-18(20,21)16-23-15(24-28-16)9-2-1-3-10(6-9)22-17(26)25-7-11-12(8-25)14-5-4-13(11)27-14/h1-6,11-14H,7-8H2,(H,22,26). The normalized spacial score (nSPS) is 28.0. The molecule has 2 fully saturated rings. The molecule has 1 aromatic heterocycles. The number of nitrogens with zero attached hydrogens (tertiary/aromatic N) is 3. The monoisotopic (exact) mass is 392 g/mol. The van der Waals surface area contributed by atoms with Gasteiger partial charge in [0.2, 0.25) is 5.82 Å². The highest BCUT2D eigenvalue weighted by molar-refractivity contribution is 5.90. The van der Waals surface area contributed by atoms with E-state index in [1.165, 1.54) is 6.07 Å². The molecule has 4 atom stereocenters. The van der Waals surface area contributed by atoms with E-state index in [1.807, 2.05) is 0 Å². The van der Waals surface area contributed by atoms with E-state index in [0.717, 1.165) is 0 Å². The molecule has 3 aliphatic heterocycles. The van der Waals surface area contributed by atoms with Crippen LogP contribution < -0.4 is 5.32 Å². The number of likely N-dealkylation sites (tertiary alicyclic amines) is 1. The van der Waals surface area contributed by atoms with Crippen LogP contribution in [0.3, 0.4) is 0 Å². The zero-order valence-corrected chi connectivity index (χ0v) is 14.4. The largest absolute Gasteiger partial charge is 0.471 e. The minimum atomic E-state index is -4.71. The Morgan fingerprint density at radius 2 is 1.89 bits per heavy atom. The Morgan fingerprint density at radius 1 is 1.18 bits per heavy atom. The SMILES string of the molecule is O=C(Nc1cccc(-c2noc(C(F)(F)F)n2)c1)N1CC2C3C=CC(O3)C2C1. The number of fused-ring (bicyclic) bond motifs is 5. The molecule has 0 spiro atoms. The summed E-state index contributed by atoms with van der Waals surface area (Å²) in [6.45, 7) is 1.23. The van der Waals surface area contributed by atoms with Gasteiger partial charge in [-0.05, 0) is 12.1 Å². The third kappa shape index (κ3) is 2.84. The molecule has 4 unspecified atom stereocenters. The highest BCUT2D eigenvalue weighted by Gasteiger charge is 2.51. The third-order valence-corrected chi connectivity index (χ3v) is 5.39. The molecule has 1 aromatic carbocycles. The fourth-order valence-corrected chi connectivity index (χ4v) is 4.09. The van der Waals surface area contributed by atoms with Crippen LogP contribution in [-0.4, -0.2) is 46.4 Å². The van der Waals surface area contributed by atoms with Crippen molar-refractivity contribution in [3.05, 3.63) is 42.3 Å². The van der Waals surface area contributed by atoms with Crippen LogP contribution in [0.2, 0.25) is 0 Å². The van der Waals surface area contributed by atoms with Crippen molar-refractivity contribution in [3.8, 4) is 11.4 Å². The summed E-state index contributed by atoms with van der Waals surface area (Å²) >= 11 is 0. The quantitative estimate of drug-likeness (QED) is 0.794. The number of amides is 2. The third-order valence-electron chi connectivity index (χ3n) is 5.39. The number of ether oxygens (including phenoxy) is 1. The Labute approximate surface area is 157 Å². The van der Waals surface area contributed by atoms with E-state index in [4.69, 9.17) is 4.74 Å². The number of halogens is 3. The van der Waals surface area contributed by atoms with Gasteiger partial charge in [0, 0.05) is 36.2 Å². The lowest BCUT2D eigenvalue weighted by atomic mass is 9.86. The van der Waals surface area contributed by atoms with Gasteiger partial charge in [-0.2, -0.15) is 18.2 Å². The number of carbonyl (C=O) groups excluding carboxylic acids is 1. The number of alkyl halides is 3. The smallest absolute Gasteiger partial charge is 0.366 e. The molecule has 0 saturated carbocycles. The minimum Gasteiger partial charge on any atom is -0.366 e. The fourth-order valence-electron chi connectivity index (χ4n) is 4.09. The maximum Gasteiger partial charge on any atom is 0.471 e. The van der Waals surface area contributed by atoms with E-state index in [2.05, 4.69) is 32.1 Å². The summed E-state index contributed by atoms with van der Waals surface area (Å²) < 4.78 is 47.9. The molecule has 28 heavy (non-hydrogen) atoms. The molecule has 2 saturated heterocycles. The van der Waals surface area contributed by atoms with E-state index in [-0.39, 0.29) is 24.1 Å².